The van der Waals surface area contributed by atoms with Crippen molar-refractivity contribution in [3.8, 4) is 0 Å². The molecule has 3 nitrogen and oxygen atoms in total. The summed E-state index contributed by atoms with van der Waals surface area (Å²) in [6.07, 6.45) is 3.14. The first-order chi connectivity index (χ1) is 8.77. The highest BCUT2D eigenvalue weighted by Gasteiger charge is 2.29. The third kappa shape index (κ3) is 2.56. The van der Waals surface area contributed by atoms with E-state index in [1.165, 1.54) is 0 Å². The number of rotatable bonds is 4. The Morgan fingerprint density at radius 2 is 2.22 bits per heavy atom. The third-order valence-corrected chi connectivity index (χ3v) is 3.71. The predicted octanol–water partition coefficient (Wildman–Crippen LogP) is 2.07. The van der Waals surface area contributed by atoms with Gasteiger partial charge in [-0.05, 0) is 37.9 Å². The molecule has 3 heteroatoms. The van der Waals surface area contributed by atoms with Crippen molar-refractivity contribution in [2.75, 3.05) is 20.1 Å². The number of likely N-dealkylation sites (tertiary alicyclic amines) is 1. The highest BCUT2D eigenvalue weighted by molar-refractivity contribution is 5.96. The molecule has 98 valence electrons. The summed E-state index contributed by atoms with van der Waals surface area (Å²) in [5.41, 5.74) is 2.03. The van der Waals surface area contributed by atoms with Crippen molar-refractivity contribution in [2.24, 2.45) is 0 Å². The number of hydrogen-bond acceptors (Lipinski definition) is 2. The summed E-state index contributed by atoms with van der Waals surface area (Å²) in [6, 6.07) is 8.32. The first-order valence-electron chi connectivity index (χ1n) is 6.81. The molecule has 18 heavy (non-hydrogen) atoms. The Morgan fingerprint density at radius 1 is 1.44 bits per heavy atom. The minimum absolute atomic E-state index is 0.199. The average molecular weight is 246 g/mol. The van der Waals surface area contributed by atoms with E-state index in [9.17, 15) is 4.79 Å². The van der Waals surface area contributed by atoms with E-state index in [0.717, 1.165) is 43.5 Å². The molecule has 1 aromatic carbocycles. The van der Waals surface area contributed by atoms with Gasteiger partial charge in [-0.25, -0.2) is 0 Å². The molecule has 1 heterocycles. The van der Waals surface area contributed by atoms with Gasteiger partial charge in [-0.3, -0.25) is 4.79 Å². The summed E-state index contributed by atoms with van der Waals surface area (Å²) in [5.74, 6) is 0.199. The highest BCUT2D eigenvalue weighted by Crippen LogP contribution is 2.21. The zero-order valence-electron chi connectivity index (χ0n) is 11.3. The van der Waals surface area contributed by atoms with E-state index in [4.69, 9.17) is 0 Å². The van der Waals surface area contributed by atoms with Crippen molar-refractivity contribution in [3.05, 3.63) is 35.4 Å². The number of hydrogen-bond donors (Lipinski definition) is 1. The number of nitrogens with one attached hydrogen (secondary N) is 1. The van der Waals surface area contributed by atoms with Crippen LogP contribution in [0.1, 0.15) is 35.7 Å². The van der Waals surface area contributed by atoms with Crippen LogP contribution >= 0.6 is 0 Å². The summed E-state index contributed by atoms with van der Waals surface area (Å²) in [7, 11) is 1.95. The Hall–Kier alpha value is -1.35. The van der Waals surface area contributed by atoms with Gasteiger partial charge in [0.25, 0.3) is 5.91 Å². The molecule has 1 amide bonds. The molecular formula is C15H22N2O. The van der Waals surface area contributed by atoms with Gasteiger partial charge in [0.05, 0.1) is 0 Å². The molecule has 1 saturated heterocycles. The maximum absolute atomic E-state index is 12.6. The van der Waals surface area contributed by atoms with Crippen molar-refractivity contribution in [1.29, 1.82) is 0 Å². The van der Waals surface area contributed by atoms with Crippen molar-refractivity contribution in [2.45, 2.75) is 32.2 Å². The van der Waals surface area contributed by atoms with Gasteiger partial charge in [-0.15, -0.1) is 0 Å². The van der Waals surface area contributed by atoms with Crippen LogP contribution in [0.4, 0.5) is 0 Å². The average Bonchev–Trinajstić information content (AvgIpc) is 2.86. The summed E-state index contributed by atoms with van der Waals surface area (Å²) in [5, 5.41) is 3.18. The minimum atomic E-state index is 0.199. The Balaban J connectivity index is 2.20. The topological polar surface area (TPSA) is 32.3 Å². The van der Waals surface area contributed by atoms with Crippen molar-refractivity contribution < 1.29 is 4.79 Å². The molecule has 1 N–H and O–H groups in total. The van der Waals surface area contributed by atoms with Crippen LogP contribution in [0, 0.1) is 0 Å². The Kier molecular flexibility index (Phi) is 4.37. The molecule has 2 rings (SSSR count). The SMILES string of the molecule is CCc1ccccc1C(=O)N1CCCC1CNC. The van der Waals surface area contributed by atoms with E-state index in [1.54, 1.807) is 0 Å². The van der Waals surface area contributed by atoms with Gasteiger partial charge in [-0.2, -0.15) is 0 Å². The standard InChI is InChI=1S/C15H22N2O/c1-3-12-7-4-5-9-14(12)15(18)17-10-6-8-13(17)11-16-2/h4-5,7,9,13,16H,3,6,8,10-11H2,1-2H3. The first-order valence-corrected chi connectivity index (χ1v) is 6.81. The lowest BCUT2D eigenvalue weighted by atomic mass is 10.0. The van der Waals surface area contributed by atoms with E-state index in [1.807, 2.05) is 30.1 Å². The summed E-state index contributed by atoms with van der Waals surface area (Å²) in [6.45, 7) is 3.88. The number of likely N-dealkylation sites (N-methyl/N-ethyl adjacent to an activating group) is 1. The molecule has 0 bridgehead atoms. The van der Waals surface area contributed by atoms with Crippen LogP contribution in [0.2, 0.25) is 0 Å². The summed E-state index contributed by atoms with van der Waals surface area (Å²) >= 11 is 0. The number of carbonyl (C=O) groups is 1. The van der Waals surface area contributed by atoms with Crippen molar-refractivity contribution in [3.63, 3.8) is 0 Å². The second kappa shape index (κ2) is 6.01. The van der Waals surface area contributed by atoms with E-state index in [-0.39, 0.29) is 5.91 Å². The van der Waals surface area contributed by atoms with Crippen LogP contribution in [-0.4, -0.2) is 37.0 Å². The van der Waals surface area contributed by atoms with Crippen LogP contribution in [0.5, 0.6) is 0 Å². The van der Waals surface area contributed by atoms with Crippen molar-refractivity contribution >= 4 is 5.91 Å². The van der Waals surface area contributed by atoms with Crippen LogP contribution in [0.25, 0.3) is 0 Å². The number of amides is 1. The van der Waals surface area contributed by atoms with E-state index >= 15 is 0 Å². The second-order valence-corrected chi connectivity index (χ2v) is 4.86. The summed E-state index contributed by atoms with van der Waals surface area (Å²) < 4.78 is 0. The lowest BCUT2D eigenvalue weighted by Gasteiger charge is -2.25. The molecule has 1 unspecified atom stereocenters. The van der Waals surface area contributed by atoms with E-state index in [0.29, 0.717) is 6.04 Å². The fourth-order valence-corrected chi connectivity index (χ4v) is 2.74. The fraction of sp³-hybridized carbons (Fsp3) is 0.533. The first kappa shape index (κ1) is 13.1. The van der Waals surface area contributed by atoms with Crippen LogP contribution in [0.15, 0.2) is 24.3 Å². The maximum atomic E-state index is 12.6. The van der Waals surface area contributed by atoms with Gasteiger partial charge in [0.1, 0.15) is 0 Å². The summed E-state index contributed by atoms with van der Waals surface area (Å²) in [4.78, 5) is 14.6. The van der Waals surface area contributed by atoms with E-state index in [2.05, 4.69) is 18.3 Å². The quantitative estimate of drug-likeness (QED) is 0.882. The molecule has 0 aliphatic carbocycles. The molecule has 0 spiro atoms. The van der Waals surface area contributed by atoms with Gasteiger partial charge in [0, 0.05) is 24.7 Å². The zero-order valence-corrected chi connectivity index (χ0v) is 11.3. The highest BCUT2D eigenvalue weighted by atomic mass is 16.2. The smallest absolute Gasteiger partial charge is 0.254 e. The second-order valence-electron chi connectivity index (χ2n) is 4.86. The lowest BCUT2D eigenvalue weighted by Crippen LogP contribution is -2.41. The molecule has 1 aliphatic rings. The molecular weight excluding hydrogens is 224 g/mol. The van der Waals surface area contributed by atoms with Crippen LogP contribution < -0.4 is 5.32 Å². The number of carbonyl (C=O) groups excluding carboxylic acids is 1. The molecule has 1 fully saturated rings. The number of nitrogens with zero attached hydrogens (tertiary/aromatic N) is 1. The zero-order chi connectivity index (χ0) is 13.0. The maximum Gasteiger partial charge on any atom is 0.254 e. The number of benzene rings is 1. The van der Waals surface area contributed by atoms with E-state index < -0.39 is 0 Å². The van der Waals surface area contributed by atoms with Gasteiger partial charge >= 0.3 is 0 Å². The minimum Gasteiger partial charge on any atom is -0.334 e. The third-order valence-electron chi connectivity index (χ3n) is 3.71. The molecule has 0 radical (unpaired) electrons. The van der Waals surface area contributed by atoms with Crippen LogP contribution in [-0.2, 0) is 6.42 Å². The van der Waals surface area contributed by atoms with Crippen molar-refractivity contribution in [1.82, 2.24) is 10.2 Å². The number of aryl methyl sites for hydroxylation is 1. The normalized spacial score (nSPS) is 19.2. The monoisotopic (exact) mass is 246 g/mol. The molecule has 1 aromatic rings. The Labute approximate surface area is 109 Å². The van der Waals surface area contributed by atoms with Gasteiger partial charge < -0.3 is 10.2 Å². The largest absolute Gasteiger partial charge is 0.334 e. The van der Waals surface area contributed by atoms with Gasteiger partial charge in [0.2, 0.25) is 0 Å². The molecule has 0 aromatic heterocycles. The Bertz CT molecular complexity index is 417. The molecule has 1 atom stereocenters. The van der Waals surface area contributed by atoms with Crippen LogP contribution in [0.3, 0.4) is 0 Å². The molecule has 1 aliphatic heterocycles. The molecule has 0 saturated carbocycles. The van der Waals surface area contributed by atoms with Gasteiger partial charge in [0.15, 0.2) is 0 Å². The Morgan fingerprint density at radius 3 is 2.94 bits per heavy atom. The predicted molar refractivity (Wildman–Crippen MR) is 73.8 cm³/mol. The van der Waals surface area contributed by atoms with Gasteiger partial charge in [-0.1, -0.05) is 25.1 Å². The fourth-order valence-electron chi connectivity index (χ4n) is 2.74. The lowest BCUT2D eigenvalue weighted by molar-refractivity contribution is 0.0736.